The summed E-state index contributed by atoms with van der Waals surface area (Å²) in [5.74, 6) is 0. The van der Waals surface area contributed by atoms with Gasteiger partial charge in [-0.15, -0.1) is 11.3 Å². The van der Waals surface area contributed by atoms with Gasteiger partial charge in [0, 0.05) is 23.9 Å². The first-order valence-corrected chi connectivity index (χ1v) is 5.90. The van der Waals surface area contributed by atoms with Crippen LogP contribution in [0.3, 0.4) is 0 Å². The molecule has 0 radical (unpaired) electrons. The second kappa shape index (κ2) is 5.63. The molecule has 0 fully saturated rings. The van der Waals surface area contributed by atoms with Crippen LogP contribution in [0.15, 0.2) is 5.38 Å². The lowest BCUT2D eigenvalue weighted by atomic mass is 10.1. The Bertz CT molecular complexity index is 324. The van der Waals surface area contributed by atoms with Gasteiger partial charge in [-0.25, -0.2) is 4.98 Å². The molecule has 0 aliphatic carbocycles. The van der Waals surface area contributed by atoms with Crippen LogP contribution in [0, 0.1) is 6.92 Å². The van der Waals surface area contributed by atoms with Crippen molar-refractivity contribution in [3.63, 3.8) is 0 Å². The van der Waals surface area contributed by atoms with Crippen molar-refractivity contribution < 1.29 is 18.3 Å². The first-order valence-electron chi connectivity index (χ1n) is 5.02. The molecule has 92 valence electrons. The maximum absolute atomic E-state index is 11.8. The van der Waals surface area contributed by atoms with Gasteiger partial charge in [0.25, 0.3) is 0 Å². The average molecular weight is 253 g/mol. The highest BCUT2D eigenvalue weighted by Gasteiger charge is 2.26. The predicted molar refractivity (Wildman–Crippen MR) is 56.5 cm³/mol. The van der Waals surface area contributed by atoms with E-state index in [-0.39, 0.29) is 12.8 Å². The van der Waals surface area contributed by atoms with E-state index in [4.69, 9.17) is 0 Å². The number of alkyl halides is 3. The van der Waals surface area contributed by atoms with Crippen LogP contribution in [-0.4, -0.2) is 22.4 Å². The topological polar surface area (TPSA) is 33.1 Å². The largest absolute Gasteiger partial charge is 0.393 e. The molecule has 1 aromatic heterocycles. The number of aromatic nitrogens is 1. The second-order valence-corrected chi connectivity index (χ2v) is 4.69. The fraction of sp³-hybridized carbons (Fsp3) is 0.700. The molecule has 1 N–H and O–H groups in total. The lowest BCUT2D eigenvalue weighted by Gasteiger charge is -2.09. The monoisotopic (exact) mass is 253 g/mol. The molecule has 0 saturated carbocycles. The van der Waals surface area contributed by atoms with Crippen molar-refractivity contribution in [3.8, 4) is 0 Å². The maximum atomic E-state index is 11.8. The minimum atomic E-state index is -4.13. The van der Waals surface area contributed by atoms with Crippen LogP contribution >= 0.6 is 11.3 Å². The van der Waals surface area contributed by atoms with Crippen molar-refractivity contribution in [3.05, 3.63) is 16.1 Å². The zero-order chi connectivity index (χ0) is 12.2. The Morgan fingerprint density at radius 2 is 2.19 bits per heavy atom. The smallest absolute Gasteiger partial charge is 0.389 e. The standard InChI is InChI=1S/C10H14F3NOS/c1-7-6-16-9(14-7)5-8(15)3-2-4-10(11,12)13/h6,8,15H,2-5H2,1H3. The summed E-state index contributed by atoms with van der Waals surface area (Å²) in [5, 5.41) is 12.1. The van der Waals surface area contributed by atoms with E-state index in [2.05, 4.69) is 4.98 Å². The fourth-order valence-electron chi connectivity index (χ4n) is 1.34. The van der Waals surface area contributed by atoms with Gasteiger partial charge in [0.1, 0.15) is 0 Å². The SMILES string of the molecule is Cc1csc(CC(O)CCCC(F)(F)F)n1. The molecule has 1 rings (SSSR count). The molecule has 1 heterocycles. The Morgan fingerprint density at radius 3 is 2.69 bits per heavy atom. The van der Waals surface area contributed by atoms with E-state index in [9.17, 15) is 18.3 Å². The molecule has 1 atom stereocenters. The second-order valence-electron chi connectivity index (χ2n) is 3.75. The Labute approximate surface area is 96.1 Å². The minimum absolute atomic E-state index is 0.0327. The molecule has 0 aliphatic rings. The number of aliphatic hydroxyl groups excluding tert-OH is 1. The Balaban J connectivity index is 2.23. The van der Waals surface area contributed by atoms with Crippen LogP contribution in [0.2, 0.25) is 0 Å². The maximum Gasteiger partial charge on any atom is 0.389 e. The lowest BCUT2D eigenvalue weighted by molar-refractivity contribution is -0.136. The summed E-state index contributed by atoms with van der Waals surface area (Å²) in [6, 6.07) is 0. The van der Waals surface area contributed by atoms with E-state index in [1.807, 2.05) is 12.3 Å². The summed E-state index contributed by atoms with van der Waals surface area (Å²) < 4.78 is 35.5. The third kappa shape index (κ3) is 5.46. The number of nitrogens with zero attached hydrogens (tertiary/aromatic N) is 1. The Hall–Kier alpha value is -0.620. The van der Waals surface area contributed by atoms with Crippen LogP contribution in [0.5, 0.6) is 0 Å². The molecule has 16 heavy (non-hydrogen) atoms. The summed E-state index contributed by atoms with van der Waals surface area (Å²) >= 11 is 1.42. The zero-order valence-electron chi connectivity index (χ0n) is 8.92. The summed E-state index contributed by atoms with van der Waals surface area (Å²) in [6.07, 6.45) is -5.21. The van der Waals surface area contributed by atoms with Crippen molar-refractivity contribution >= 4 is 11.3 Å². The van der Waals surface area contributed by atoms with Crippen molar-refractivity contribution in [2.45, 2.75) is 44.9 Å². The van der Waals surface area contributed by atoms with E-state index < -0.39 is 18.7 Å². The summed E-state index contributed by atoms with van der Waals surface area (Å²) in [6.45, 7) is 1.84. The van der Waals surface area contributed by atoms with Gasteiger partial charge in [0.15, 0.2) is 0 Å². The van der Waals surface area contributed by atoms with Crippen molar-refractivity contribution in [2.75, 3.05) is 0 Å². The zero-order valence-corrected chi connectivity index (χ0v) is 9.74. The summed E-state index contributed by atoms with van der Waals surface area (Å²) in [7, 11) is 0. The van der Waals surface area contributed by atoms with Gasteiger partial charge in [-0.1, -0.05) is 0 Å². The first-order chi connectivity index (χ1) is 7.37. The third-order valence-corrected chi connectivity index (χ3v) is 3.06. The number of aryl methyl sites for hydroxylation is 1. The molecule has 6 heteroatoms. The average Bonchev–Trinajstić information content (AvgIpc) is 2.48. The quantitative estimate of drug-likeness (QED) is 0.874. The molecule has 1 unspecified atom stereocenters. The van der Waals surface area contributed by atoms with Crippen molar-refractivity contribution in [1.82, 2.24) is 4.98 Å². The number of hydrogen-bond donors (Lipinski definition) is 1. The van der Waals surface area contributed by atoms with Crippen LogP contribution in [-0.2, 0) is 6.42 Å². The van der Waals surface area contributed by atoms with Gasteiger partial charge in [-0.3, -0.25) is 0 Å². The highest BCUT2D eigenvalue weighted by Crippen LogP contribution is 2.23. The molecule has 0 spiro atoms. The van der Waals surface area contributed by atoms with Crippen LogP contribution in [0.4, 0.5) is 13.2 Å². The first kappa shape index (κ1) is 13.4. The molecule has 0 aromatic carbocycles. The van der Waals surface area contributed by atoms with E-state index in [0.717, 1.165) is 10.7 Å². The molecule has 1 aromatic rings. The van der Waals surface area contributed by atoms with Crippen molar-refractivity contribution in [1.29, 1.82) is 0 Å². The molecule has 2 nitrogen and oxygen atoms in total. The third-order valence-electron chi connectivity index (χ3n) is 2.07. The van der Waals surface area contributed by atoms with E-state index >= 15 is 0 Å². The van der Waals surface area contributed by atoms with E-state index in [0.29, 0.717) is 6.42 Å². The van der Waals surface area contributed by atoms with Gasteiger partial charge >= 0.3 is 6.18 Å². The highest BCUT2D eigenvalue weighted by molar-refractivity contribution is 7.09. The molecular formula is C10H14F3NOS. The lowest BCUT2D eigenvalue weighted by Crippen LogP contribution is -2.13. The number of aliphatic hydroxyl groups is 1. The summed E-state index contributed by atoms with van der Waals surface area (Å²) in [5.41, 5.74) is 0.877. The van der Waals surface area contributed by atoms with Crippen LogP contribution in [0.1, 0.15) is 30.0 Å². The molecule has 0 saturated heterocycles. The minimum Gasteiger partial charge on any atom is -0.393 e. The highest BCUT2D eigenvalue weighted by atomic mass is 32.1. The van der Waals surface area contributed by atoms with Crippen LogP contribution < -0.4 is 0 Å². The molecular weight excluding hydrogens is 239 g/mol. The Morgan fingerprint density at radius 1 is 1.50 bits per heavy atom. The van der Waals surface area contributed by atoms with Gasteiger partial charge in [0.2, 0.25) is 0 Å². The fourth-order valence-corrected chi connectivity index (χ4v) is 2.18. The normalized spacial score (nSPS) is 14.1. The van der Waals surface area contributed by atoms with Crippen LogP contribution in [0.25, 0.3) is 0 Å². The van der Waals surface area contributed by atoms with E-state index in [1.54, 1.807) is 0 Å². The number of rotatable bonds is 5. The summed E-state index contributed by atoms with van der Waals surface area (Å²) in [4.78, 5) is 4.14. The van der Waals surface area contributed by atoms with E-state index in [1.165, 1.54) is 11.3 Å². The molecule has 0 bridgehead atoms. The molecule has 0 amide bonds. The van der Waals surface area contributed by atoms with Crippen molar-refractivity contribution in [2.24, 2.45) is 0 Å². The molecule has 0 aliphatic heterocycles. The van der Waals surface area contributed by atoms with Gasteiger partial charge in [0.05, 0.1) is 11.1 Å². The predicted octanol–water partition coefficient (Wildman–Crippen LogP) is 3.09. The number of thiazole rings is 1. The number of hydrogen-bond acceptors (Lipinski definition) is 3. The number of halogens is 3. The Kier molecular flexibility index (Phi) is 4.73. The van der Waals surface area contributed by atoms with Gasteiger partial charge in [-0.2, -0.15) is 13.2 Å². The van der Waals surface area contributed by atoms with Gasteiger partial charge < -0.3 is 5.11 Å². The van der Waals surface area contributed by atoms with Gasteiger partial charge in [-0.05, 0) is 19.8 Å².